The van der Waals surface area contributed by atoms with Gasteiger partial charge in [-0.3, -0.25) is 5.32 Å². The highest BCUT2D eigenvalue weighted by Gasteiger charge is 2.17. The Morgan fingerprint density at radius 2 is 2.00 bits per heavy atom. The third-order valence-corrected chi connectivity index (χ3v) is 3.73. The first-order valence-corrected chi connectivity index (χ1v) is 7.90. The average molecular weight is 340 g/mol. The lowest BCUT2D eigenvalue weighted by Gasteiger charge is -2.22. The summed E-state index contributed by atoms with van der Waals surface area (Å²) in [6, 6.07) is 11.6. The zero-order valence-electron chi connectivity index (χ0n) is 14.4. The van der Waals surface area contributed by atoms with Gasteiger partial charge in [0.1, 0.15) is 6.61 Å². The van der Waals surface area contributed by atoms with E-state index in [1.165, 1.54) is 16.3 Å². The van der Waals surface area contributed by atoms with E-state index in [2.05, 4.69) is 42.2 Å². The molecule has 2 N–H and O–H groups in total. The van der Waals surface area contributed by atoms with Crippen molar-refractivity contribution in [3.05, 3.63) is 53.7 Å². The van der Waals surface area contributed by atoms with E-state index in [-0.39, 0.29) is 11.2 Å². The quantitative estimate of drug-likeness (QED) is 0.756. The van der Waals surface area contributed by atoms with Gasteiger partial charge in [-0.15, -0.1) is 5.10 Å². The van der Waals surface area contributed by atoms with E-state index < -0.39 is 6.09 Å². The molecular weight excluding hydrogens is 320 g/mol. The standard InChI is InChI=1S/C18H20N4O3/c1-18(2,3)13-7-5-4-6-12(13)11-25-16-9-8-15-19-14(20-17(23)24)10-22(15)21-16/h4-10,20H,11H2,1-3H3,(H,23,24). The van der Waals surface area contributed by atoms with Crippen molar-refractivity contribution in [1.29, 1.82) is 0 Å². The Balaban J connectivity index is 1.79. The van der Waals surface area contributed by atoms with E-state index in [4.69, 9.17) is 9.84 Å². The van der Waals surface area contributed by atoms with Crippen LogP contribution in [0.2, 0.25) is 0 Å². The van der Waals surface area contributed by atoms with Crippen LogP contribution in [-0.2, 0) is 12.0 Å². The zero-order valence-corrected chi connectivity index (χ0v) is 14.4. The fourth-order valence-electron chi connectivity index (χ4n) is 2.64. The van der Waals surface area contributed by atoms with E-state index >= 15 is 0 Å². The predicted octanol–water partition coefficient (Wildman–Crippen LogP) is 3.70. The van der Waals surface area contributed by atoms with Crippen LogP contribution in [0, 0.1) is 0 Å². The lowest BCUT2D eigenvalue weighted by molar-refractivity contribution is 0.209. The molecule has 0 radical (unpaired) electrons. The fourth-order valence-corrected chi connectivity index (χ4v) is 2.64. The Hall–Kier alpha value is -3.09. The molecule has 3 rings (SSSR count). The average Bonchev–Trinajstić information content (AvgIpc) is 2.92. The SMILES string of the molecule is CC(C)(C)c1ccccc1COc1ccc2nc(NC(=O)O)cn2n1. The lowest BCUT2D eigenvalue weighted by Crippen LogP contribution is -2.15. The Morgan fingerprint density at radius 1 is 1.24 bits per heavy atom. The molecule has 130 valence electrons. The number of aromatic nitrogens is 3. The minimum Gasteiger partial charge on any atom is -0.472 e. The fraction of sp³-hybridized carbons (Fsp3) is 0.278. The van der Waals surface area contributed by atoms with Crippen LogP contribution in [-0.4, -0.2) is 25.8 Å². The third-order valence-electron chi connectivity index (χ3n) is 3.73. The molecule has 0 bridgehead atoms. The number of ether oxygens (including phenoxy) is 1. The molecule has 2 heterocycles. The van der Waals surface area contributed by atoms with E-state index in [0.29, 0.717) is 18.1 Å². The van der Waals surface area contributed by atoms with Crippen molar-refractivity contribution in [1.82, 2.24) is 14.6 Å². The first-order valence-electron chi connectivity index (χ1n) is 7.90. The third kappa shape index (κ3) is 3.88. The van der Waals surface area contributed by atoms with Gasteiger partial charge in [0.05, 0.1) is 6.20 Å². The molecule has 7 nitrogen and oxygen atoms in total. The molecule has 25 heavy (non-hydrogen) atoms. The smallest absolute Gasteiger partial charge is 0.410 e. The highest BCUT2D eigenvalue weighted by atomic mass is 16.5. The number of anilines is 1. The van der Waals surface area contributed by atoms with Gasteiger partial charge < -0.3 is 9.84 Å². The van der Waals surface area contributed by atoms with E-state index in [1.807, 2.05) is 18.2 Å². The Bertz CT molecular complexity index is 912. The number of nitrogens with zero attached hydrogens (tertiary/aromatic N) is 3. The van der Waals surface area contributed by atoms with Crippen LogP contribution in [0.3, 0.4) is 0 Å². The van der Waals surface area contributed by atoms with Crippen molar-refractivity contribution in [3.63, 3.8) is 0 Å². The maximum Gasteiger partial charge on any atom is 0.410 e. The van der Waals surface area contributed by atoms with Crippen molar-refractivity contribution < 1.29 is 14.6 Å². The molecule has 0 aliphatic heterocycles. The van der Waals surface area contributed by atoms with Crippen molar-refractivity contribution in [2.45, 2.75) is 32.8 Å². The topological polar surface area (TPSA) is 88.8 Å². The molecule has 0 atom stereocenters. The molecule has 0 saturated heterocycles. The number of hydrogen-bond acceptors (Lipinski definition) is 4. The van der Waals surface area contributed by atoms with Crippen LogP contribution >= 0.6 is 0 Å². The van der Waals surface area contributed by atoms with Crippen LogP contribution in [0.4, 0.5) is 10.6 Å². The summed E-state index contributed by atoms with van der Waals surface area (Å²) in [5.74, 6) is 0.658. The molecule has 0 spiro atoms. The number of rotatable bonds is 4. The van der Waals surface area contributed by atoms with Gasteiger partial charge in [0.25, 0.3) is 0 Å². The Kier molecular flexibility index (Phi) is 4.31. The minimum atomic E-state index is -1.17. The Morgan fingerprint density at radius 3 is 2.72 bits per heavy atom. The van der Waals surface area contributed by atoms with Crippen LogP contribution in [0.5, 0.6) is 5.88 Å². The molecule has 1 aromatic carbocycles. The largest absolute Gasteiger partial charge is 0.472 e. The lowest BCUT2D eigenvalue weighted by atomic mass is 9.84. The van der Waals surface area contributed by atoms with E-state index in [9.17, 15) is 4.79 Å². The summed E-state index contributed by atoms with van der Waals surface area (Å²) in [7, 11) is 0. The van der Waals surface area contributed by atoms with Crippen LogP contribution in [0.1, 0.15) is 31.9 Å². The van der Waals surface area contributed by atoms with Gasteiger partial charge in [-0.25, -0.2) is 14.3 Å². The molecule has 1 amide bonds. The van der Waals surface area contributed by atoms with Crippen molar-refractivity contribution >= 4 is 17.6 Å². The maximum atomic E-state index is 10.7. The predicted molar refractivity (Wildman–Crippen MR) is 94.1 cm³/mol. The number of carboxylic acid groups (broad SMARTS) is 1. The summed E-state index contributed by atoms with van der Waals surface area (Å²) >= 11 is 0. The second-order valence-electron chi connectivity index (χ2n) is 6.73. The summed E-state index contributed by atoms with van der Waals surface area (Å²) in [5, 5.41) is 15.3. The second-order valence-corrected chi connectivity index (χ2v) is 6.73. The van der Waals surface area contributed by atoms with Gasteiger partial charge in [-0.2, -0.15) is 0 Å². The van der Waals surface area contributed by atoms with Gasteiger partial charge >= 0.3 is 6.09 Å². The number of hydrogen-bond donors (Lipinski definition) is 2. The molecule has 0 unspecified atom stereocenters. The van der Waals surface area contributed by atoms with E-state index in [0.717, 1.165) is 5.56 Å². The van der Waals surface area contributed by atoms with Gasteiger partial charge in [0, 0.05) is 6.07 Å². The van der Waals surface area contributed by atoms with Crippen molar-refractivity contribution in [2.75, 3.05) is 5.32 Å². The van der Waals surface area contributed by atoms with Gasteiger partial charge in [0.15, 0.2) is 11.5 Å². The number of carbonyl (C=O) groups is 1. The highest BCUT2D eigenvalue weighted by Crippen LogP contribution is 2.26. The molecule has 2 aromatic heterocycles. The van der Waals surface area contributed by atoms with Crippen LogP contribution < -0.4 is 10.1 Å². The van der Waals surface area contributed by atoms with Gasteiger partial charge in [-0.05, 0) is 22.6 Å². The first kappa shape index (κ1) is 16.8. The number of amides is 1. The second kappa shape index (κ2) is 6.43. The maximum absolute atomic E-state index is 10.7. The van der Waals surface area contributed by atoms with Crippen molar-refractivity contribution in [3.8, 4) is 5.88 Å². The molecule has 0 aliphatic rings. The summed E-state index contributed by atoms with van der Waals surface area (Å²) in [6.07, 6.45) is 0.332. The van der Waals surface area contributed by atoms with Crippen LogP contribution in [0.15, 0.2) is 42.6 Å². The molecule has 7 heteroatoms. The summed E-state index contributed by atoms with van der Waals surface area (Å²) in [6.45, 7) is 6.90. The molecule has 0 fully saturated rings. The molecular formula is C18H20N4O3. The zero-order chi connectivity index (χ0) is 18.0. The normalized spacial score (nSPS) is 11.5. The summed E-state index contributed by atoms with van der Waals surface area (Å²) in [4.78, 5) is 14.8. The van der Waals surface area contributed by atoms with Crippen molar-refractivity contribution in [2.24, 2.45) is 0 Å². The summed E-state index contributed by atoms with van der Waals surface area (Å²) in [5.41, 5.74) is 2.90. The number of imidazole rings is 1. The number of benzene rings is 1. The highest BCUT2D eigenvalue weighted by molar-refractivity contribution is 5.81. The van der Waals surface area contributed by atoms with Crippen LogP contribution in [0.25, 0.3) is 5.65 Å². The minimum absolute atomic E-state index is 0.0269. The van der Waals surface area contributed by atoms with Gasteiger partial charge in [-0.1, -0.05) is 45.0 Å². The van der Waals surface area contributed by atoms with E-state index in [1.54, 1.807) is 12.1 Å². The number of fused-ring (bicyclic) bond motifs is 1. The molecule has 0 aliphatic carbocycles. The molecule has 3 aromatic rings. The summed E-state index contributed by atoms with van der Waals surface area (Å²) < 4.78 is 7.31. The number of nitrogens with one attached hydrogen (secondary N) is 1. The Labute approximate surface area is 145 Å². The monoisotopic (exact) mass is 340 g/mol. The molecule has 0 saturated carbocycles. The van der Waals surface area contributed by atoms with Gasteiger partial charge in [0.2, 0.25) is 5.88 Å². The first-order chi connectivity index (χ1) is 11.8.